The maximum absolute atomic E-state index is 5.60. The summed E-state index contributed by atoms with van der Waals surface area (Å²) in [6, 6.07) is 0.369. The van der Waals surface area contributed by atoms with E-state index >= 15 is 0 Å². The van der Waals surface area contributed by atoms with E-state index in [-0.39, 0.29) is 0 Å². The molecule has 0 saturated heterocycles. The topological polar surface area (TPSA) is 68.8 Å². The predicted octanol–water partition coefficient (Wildman–Crippen LogP) is -0.729. The number of aryl methyl sites for hydroxylation is 1. The van der Waals surface area contributed by atoms with Crippen LogP contribution in [-0.2, 0) is 19.5 Å². The van der Waals surface area contributed by atoms with Gasteiger partial charge in [-0.15, -0.1) is 10.2 Å². The molecule has 0 radical (unpaired) electrons. The van der Waals surface area contributed by atoms with E-state index in [0.717, 1.165) is 31.2 Å². The van der Waals surface area contributed by atoms with Crippen LogP contribution in [0.3, 0.4) is 0 Å². The molecule has 1 aliphatic rings. The molecule has 0 spiro atoms. The third-order valence-electron chi connectivity index (χ3n) is 2.46. The van der Waals surface area contributed by atoms with Crippen molar-refractivity contribution in [2.45, 2.75) is 32.5 Å². The Bertz CT molecular complexity index is 279. The van der Waals surface area contributed by atoms with Gasteiger partial charge in [-0.05, 0) is 0 Å². The van der Waals surface area contributed by atoms with Crippen molar-refractivity contribution in [3.63, 3.8) is 0 Å². The number of fused-ring (bicyclic) bond motifs is 1. The normalized spacial score (nSPS) is 21.5. The zero-order valence-corrected chi connectivity index (χ0v) is 7.82. The Morgan fingerprint density at radius 3 is 3.15 bits per heavy atom. The summed E-state index contributed by atoms with van der Waals surface area (Å²) in [5.41, 5.74) is 5.60. The average Bonchev–Trinajstić information content (AvgIpc) is 2.59. The minimum atomic E-state index is 0.369. The van der Waals surface area contributed by atoms with E-state index in [1.165, 1.54) is 0 Å². The Kier molecular flexibility index (Phi) is 2.28. The van der Waals surface area contributed by atoms with Crippen LogP contribution in [0.15, 0.2) is 0 Å². The van der Waals surface area contributed by atoms with Crippen LogP contribution < -0.4 is 11.1 Å². The van der Waals surface area contributed by atoms with Gasteiger partial charge in [-0.3, -0.25) is 0 Å². The molecule has 5 nitrogen and oxygen atoms in total. The lowest BCUT2D eigenvalue weighted by Crippen LogP contribution is -2.44. The lowest BCUT2D eigenvalue weighted by atomic mass is 10.2. The Morgan fingerprint density at radius 2 is 2.46 bits per heavy atom. The molecule has 1 unspecified atom stereocenters. The summed E-state index contributed by atoms with van der Waals surface area (Å²) < 4.78 is 2.17. The molecule has 13 heavy (non-hydrogen) atoms. The zero-order chi connectivity index (χ0) is 9.26. The van der Waals surface area contributed by atoms with Crippen molar-refractivity contribution >= 4 is 0 Å². The summed E-state index contributed by atoms with van der Waals surface area (Å²) in [7, 11) is 0. The van der Waals surface area contributed by atoms with Crippen molar-refractivity contribution < 1.29 is 0 Å². The van der Waals surface area contributed by atoms with Crippen molar-refractivity contribution in [1.29, 1.82) is 0 Å². The first kappa shape index (κ1) is 8.65. The zero-order valence-electron chi connectivity index (χ0n) is 7.82. The molecule has 72 valence electrons. The minimum Gasteiger partial charge on any atom is -0.329 e. The first-order chi connectivity index (χ1) is 6.35. The highest BCUT2D eigenvalue weighted by Crippen LogP contribution is 2.09. The van der Waals surface area contributed by atoms with Gasteiger partial charge in [-0.1, -0.05) is 6.92 Å². The summed E-state index contributed by atoms with van der Waals surface area (Å²) in [4.78, 5) is 0. The number of aromatic nitrogens is 3. The highest BCUT2D eigenvalue weighted by atomic mass is 15.3. The van der Waals surface area contributed by atoms with Crippen molar-refractivity contribution in [2.24, 2.45) is 5.73 Å². The third kappa shape index (κ3) is 1.45. The van der Waals surface area contributed by atoms with Crippen LogP contribution >= 0.6 is 0 Å². The average molecular weight is 181 g/mol. The van der Waals surface area contributed by atoms with E-state index in [2.05, 4.69) is 27.0 Å². The largest absolute Gasteiger partial charge is 0.329 e. The number of hydrogen-bond donors (Lipinski definition) is 2. The van der Waals surface area contributed by atoms with E-state index in [1.807, 2.05) is 0 Å². The lowest BCUT2D eigenvalue weighted by molar-refractivity contribution is 0.386. The van der Waals surface area contributed by atoms with E-state index in [4.69, 9.17) is 5.73 Å². The van der Waals surface area contributed by atoms with Crippen LogP contribution in [0, 0.1) is 0 Å². The van der Waals surface area contributed by atoms with Gasteiger partial charge >= 0.3 is 0 Å². The van der Waals surface area contributed by atoms with Crippen LogP contribution in [-0.4, -0.2) is 27.4 Å². The molecule has 1 aromatic rings. The van der Waals surface area contributed by atoms with Gasteiger partial charge in [0.2, 0.25) is 0 Å². The molecule has 1 aromatic heterocycles. The highest BCUT2D eigenvalue weighted by Gasteiger charge is 2.19. The van der Waals surface area contributed by atoms with Crippen molar-refractivity contribution in [2.75, 3.05) is 6.54 Å². The fourth-order valence-corrected chi connectivity index (χ4v) is 1.65. The Morgan fingerprint density at radius 1 is 1.62 bits per heavy atom. The molecule has 1 aliphatic heterocycles. The predicted molar refractivity (Wildman–Crippen MR) is 49.1 cm³/mol. The first-order valence-corrected chi connectivity index (χ1v) is 4.69. The standard InChI is InChI=1S/C8H15N5/c1-2-7-11-12-8-4-10-6(3-9)5-13(7)8/h6,10H,2-5,9H2,1H3. The molecule has 0 aliphatic carbocycles. The summed E-state index contributed by atoms with van der Waals surface area (Å²) >= 11 is 0. The molecule has 0 saturated carbocycles. The fraction of sp³-hybridized carbons (Fsp3) is 0.750. The minimum absolute atomic E-state index is 0.369. The van der Waals surface area contributed by atoms with Gasteiger partial charge in [-0.2, -0.15) is 0 Å². The maximum Gasteiger partial charge on any atom is 0.147 e. The molecular formula is C8H15N5. The van der Waals surface area contributed by atoms with Crippen LogP contribution in [0.1, 0.15) is 18.6 Å². The van der Waals surface area contributed by atoms with Gasteiger partial charge in [0.15, 0.2) is 0 Å². The van der Waals surface area contributed by atoms with E-state index < -0.39 is 0 Å². The molecular weight excluding hydrogens is 166 g/mol. The summed E-state index contributed by atoms with van der Waals surface area (Å²) in [6.07, 6.45) is 0.935. The summed E-state index contributed by atoms with van der Waals surface area (Å²) in [5.74, 6) is 2.09. The maximum atomic E-state index is 5.60. The van der Waals surface area contributed by atoms with Crippen molar-refractivity contribution in [3.05, 3.63) is 11.6 Å². The fourth-order valence-electron chi connectivity index (χ4n) is 1.65. The molecule has 0 fully saturated rings. The SMILES string of the molecule is CCc1nnc2n1CC(CN)NC2. The second-order valence-corrected chi connectivity index (χ2v) is 3.31. The number of rotatable bonds is 2. The molecule has 1 atom stereocenters. The van der Waals surface area contributed by atoms with Crippen LogP contribution in [0.5, 0.6) is 0 Å². The molecule has 5 heteroatoms. The van der Waals surface area contributed by atoms with Crippen molar-refractivity contribution in [3.8, 4) is 0 Å². The van der Waals surface area contributed by atoms with Gasteiger partial charge in [0.05, 0.1) is 6.54 Å². The van der Waals surface area contributed by atoms with Crippen LogP contribution in [0.4, 0.5) is 0 Å². The summed E-state index contributed by atoms with van der Waals surface area (Å²) in [6.45, 7) is 4.45. The van der Waals surface area contributed by atoms with Crippen LogP contribution in [0.25, 0.3) is 0 Å². The van der Waals surface area contributed by atoms with E-state index in [1.54, 1.807) is 0 Å². The van der Waals surface area contributed by atoms with Crippen molar-refractivity contribution in [1.82, 2.24) is 20.1 Å². The first-order valence-electron chi connectivity index (χ1n) is 4.69. The number of nitrogens with two attached hydrogens (primary N) is 1. The molecule has 2 heterocycles. The Labute approximate surface area is 77.3 Å². The molecule has 0 amide bonds. The van der Waals surface area contributed by atoms with Gasteiger partial charge in [0.25, 0.3) is 0 Å². The van der Waals surface area contributed by atoms with E-state index in [0.29, 0.717) is 12.6 Å². The number of nitrogens with one attached hydrogen (secondary N) is 1. The second-order valence-electron chi connectivity index (χ2n) is 3.31. The molecule has 2 rings (SSSR count). The highest BCUT2D eigenvalue weighted by molar-refractivity contribution is 5.00. The second kappa shape index (κ2) is 3.43. The smallest absolute Gasteiger partial charge is 0.147 e. The monoisotopic (exact) mass is 181 g/mol. The lowest BCUT2D eigenvalue weighted by Gasteiger charge is -2.24. The van der Waals surface area contributed by atoms with Gasteiger partial charge in [-0.25, -0.2) is 0 Å². The molecule has 0 bridgehead atoms. The Balaban J connectivity index is 2.25. The van der Waals surface area contributed by atoms with Gasteiger partial charge < -0.3 is 15.6 Å². The quantitative estimate of drug-likeness (QED) is 0.631. The van der Waals surface area contributed by atoms with Gasteiger partial charge in [0, 0.05) is 25.6 Å². The molecule has 3 N–H and O–H groups in total. The van der Waals surface area contributed by atoms with Gasteiger partial charge in [0.1, 0.15) is 11.6 Å². The van der Waals surface area contributed by atoms with Crippen LogP contribution in [0.2, 0.25) is 0 Å². The third-order valence-corrected chi connectivity index (χ3v) is 2.46. The summed E-state index contributed by atoms with van der Waals surface area (Å²) in [5, 5.41) is 11.5. The molecule has 0 aromatic carbocycles. The Hall–Kier alpha value is -0.940. The number of hydrogen-bond acceptors (Lipinski definition) is 4. The van der Waals surface area contributed by atoms with E-state index in [9.17, 15) is 0 Å². The number of nitrogens with zero attached hydrogens (tertiary/aromatic N) is 3.